The minimum absolute atomic E-state index is 0.184. The fraction of sp³-hybridized carbons (Fsp3) is 0.476. The second-order valence-corrected chi connectivity index (χ2v) is 7.86. The zero-order valence-corrected chi connectivity index (χ0v) is 15.2. The molecule has 2 fully saturated rings. The molecule has 3 aliphatic carbocycles. The molecule has 0 saturated heterocycles. The van der Waals surface area contributed by atoms with Gasteiger partial charge in [0.1, 0.15) is 5.69 Å². The van der Waals surface area contributed by atoms with E-state index in [4.69, 9.17) is 0 Å². The van der Waals surface area contributed by atoms with E-state index < -0.39 is 0 Å². The minimum Gasteiger partial charge on any atom is -0.345 e. The van der Waals surface area contributed by atoms with Gasteiger partial charge in [0, 0.05) is 24.1 Å². The maximum atomic E-state index is 12.7. The molecule has 0 bridgehead atoms. The van der Waals surface area contributed by atoms with Crippen LogP contribution in [0.25, 0.3) is 0 Å². The van der Waals surface area contributed by atoms with Gasteiger partial charge in [-0.15, -0.1) is 0 Å². The quantitative estimate of drug-likeness (QED) is 0.883. The molecule has 0 radical (unpaired) electrons. The molecular formula is C21H22N4O2. The first-order valence-corrected chi connectivity index (χ1v) is 9.85. The highest BCUT2D eigenvalue weighted by Gasteiger charge is 2.33. The van der Waals surface area contributed by atoms with E-state index in [2.05, 4.69) is 20.3 Å². The number of ketones is 1. The van der Waals surface area contributed by atoms with E-state index in [0.29, 0.717) is 30.5 Å². The summed E-state index contributed by atoms with van der Waals surface area (Å²) in [6.45, 7) is 0.327. The van der Waals surface area contributed by atoms with Crippen molar-refractivity contribution >= 4 is 11.7 Å². The van der Waals surface area contributed by atoms with E-state index in [1.165, 1.54) is 12.8 Å². The van der Waals surface area contributed by atoms with Crippen LogP contribution in [-0.4, -0.2) is 26.6 Å². The number of nitrogens with one attached hydrogen (secondary N) is 1. The first-order chi connectivity index (χ1) is 13.2. The van der Waals surface area contributed by atoms with E-state index in [9.17, 15) is 9.59 Å². The van der Waals surface area contributed by atoms with Crippen LogP contribution in [0.4, 0.5) is 0 Å². The Balaban J connectivity index is 1.33. The van der Waals surface area contributed by atoms with Crippen molar-refractivity contribution in [2.45, 2.75) is 63.3 Å². The van der Waals surface area contributed by atoms with Crippen molar-refractivity contribution < 1.29 is 9.59 Å². The van der Waals surface area contributed by atoms with Crippen molar-refractivity contribution in [3.05, 3.63) is 52.4 Å². The topological polar surface area (TPSA) is 84.8 Å². The molecule has 6 heteroatoms. The Morgan fingerprint density at radius 2 is 1.89 bits per heavy atom. The molecule has 2 saturated carbocycles. The molecule has 0 aliphatic heterocycles. The molecule has 0 unspecified atom stereocenters. The van der Waals surface area contributed by atoms with Crippen LogP contribution < -0.4 is 5.32 Å². The third kappa shape index (κ3) is 3.36. The summed E-state index contributed by atoms with van der Waals surface area (Å²) >= 11 is 0. The highest BCUT2D eigenvalue weighted by molar-refractivity contribution is 6.01. The van der Waals surface area contributed by atoms with Crippen LogP contribution in [0.15, 0.2) is 18.5 Å². The van der Waals surface area contributed by atoms with Gasteiger partial charge < -0.3 is 5.32 Å². The standard InChI is InChI=1S/C21H22N4O2/c26-19-3-1-2-16-20(19)15(12-4-5-12)8-17(25-16)21(27)24-10-14-9-23-18(11-22-14)13-6-7-13/h8-9,11-13H,1-7,10H2,(H,24,27). The van der Waals surface area contributed by atoms with Gasteiger partial charge in [0.05, 0.1) is 29.8 Å². The number of aromatic nitrogens is 3. The first kappa shape index (κ1) is 16.5. The number of nitrogens with zero attached hydrogens (tertiary/aromatic N) is 3. The van der Waals surface area contributed by atoms with Gasteiger partial charge in [-0.2, -0.15) is 0 Å². The van der Waals surface area contributed by atoms with Crippen molar-refractivity contribution in [3.8, 4) is 0 Å². The molecule has 3 aliphatic rings. The van der Waals surface area contributed by atoms with Crippen molar-refractivity contribution in [1.82, 2.24) is 20.3 Å². The summed E-state index contributed by atoms with van der Waals surface area (Å²) in [4.78, 5) is 38.4. The molecule has 1 N–H and O–H groups in total. The molecule has 2 heterocycles. The number of carbonyl (C=O) groups excluding carboxylic acids is 2. The van der Waals surface area contributed by atoms with E-state index in [1.54, 1.807) is 6.20 Å². The smallest absolute Gasteiger partial charge is 0.270 e. The first-order valence-electron chi connectivity index (χ1n) is 9.85. The van der Waals surface area contributed by atoms with Gasteiger partial charge in [-0.05, 0) is 56.1 Å². The molecule has 138 valence electrons. The van der Waals surface area contributed by atoms with E-state index in [1.807, 2.05) is 12.3 Å². The molecule has 0 aromatic carbocycles. The Hall–Kier alpha value is -2.63. The van der Waals surface area contributed by atoms with Crippen LogP contribution in [0.1, 0.15) is 93.9 Å². The molecule has 2 aromatic heterocycles. The summed E-state index contributed by atoms with van der Waals surface area (Å²) in [5, 5.41) is 2.90. The fourth-order valence-corrected chi connectivity index (χ4v) is 3.80. The van der Waals surface area contributed by atoms with Gasteiger partial charge in [0.25, 0.3) is 5.91 Å². The van der Waals surface area contributed by atoms with Crippen LogP contribution in [0.2, 0.25) is 0 Å². The Kier molecular flexibility index (Phi) is 3.99. The van der Waals surface area contributed by atoms with E-state index in [0.717, 1.165) is 53.9 Å². The summed E-state index contributed by atoms with van der Waals surface area (Å²) in [5.74, 6) is 0.954. The van der Waals surface area contributed by atoms with Gasteiger partial charge in [0.2, 0.25) is 0 Å². The lowest BCUT2D eigenvalue weighted by molar-refractivity contribution is 0.0937. The van der Waals surface area contributed by atoms with Crippen molar-refractivity contribution in [1.29, 1.82) is 0 Å². The zero-order valence-electron chi connectivity index (χ0n) is 15.2. The van der Waals surface area contributed by atoms with Crippen LogP contribution in [-0.2, 0) is 13.0 Å². The molecule has 27 heavy (non-hydrogen) atoms. The Morgan fingerprint density at radius 1 is 1.07 bits per heavy atom. The molecule has 0 spiro atoms. The Bertz CT molecular complexity index is 915. The molecule has 5 rings (SSSR count). The molecule has 0 atom stereocenters. The molecule has 2 aromatic rings. The number of rotatable bonds is 5. The average Bonchev–Trinajstić information content (AvgIpc) is 3.57. The number of fused-ring (bicyclic) bond motifs is 1. The lowest BCUT2D eigenvalue weighted by Gasteiger charge is -2.19. The average molecular weight is 362 g/mol. The second-order valence-electron chi connectivity index (χ2n) is 7.86. The monoisotopic (exact) mass is 362 g/mol. The largest absolute Gasteiger partial charge is 0.345 e. The fourth-order valence-electron chi connectivity index (χ4n) is 3.80. The summed E-state index contributed by atoms with van der Waals surface area (Å²) in [7, 11) is 0. The number of amides is 1. The lowest BCUT2D eigenvalue weighted by Crippen LogP contribution is -2.26. The molecule has 1 amide bonds. The normalized spacial score (nSPS) is 18.9. The lowest BCUT2D eigenvalue weighted by atomic mass is 9.88. The summed E-state index contributed by atoms with van der Waals surface area (Å²) in [6, 6.07) is 1.83. The second kappa shape index (κ2) is 6.51. The number of hydrogen-bond acceptors (Lipinski definition) is 5. The van der Waals surface area contributed by atoms with Crippen LogP contribution in [0.5, 0.6) is 0 Å². The van der Waals surface area contributed by atoms with Crippen molar-refractivity contribution in [2.24, 2.45) is 0 Å². The maximum absolute atomic E-state index is 12.7. The molecule has 6 nitrogen and oxygen atoms in total. The predicted octanol–water partition coefficient (Wildman–Crippen LogP) is 3.08. The van der Waals surface area contributed by atoms with E-state index in [-0.39, 0.29) is 11.7 Å². The highest BCUT2D eigenvalue weighted by atomic mass is 16.2. The summed E-state index contributed by atoms with van der Waals surface area (Å²) in [5.41, 5.74) is 4.82. The van der Waals surface area contributed by atoms with Crippen LogP contribution >= 0.6 is 0 Å². The third-order valence-electron chi connectivity index (χ3n) is 5.62. The maximum Gasteiger partial charge on any atom is 0.270 e. The van der Waals surface area contributed by atoms with Gasteiger partial charge in [-0.1, -0.05) is 0 Å². The number of hydrogen-bond donors (Lipinski definition) is 1. The highest BCUT2D eigenvalue weighted by Crippen LogP contribution is 2.43. The van der Waals surface area contributed by atoms with Crippen LogP contribution in [0, 0.1) is 0 Å². The number of Topliss-reactive ketones (excluding diaryl/α,β-unsaturated/α-hetero) is 1. The van der Waals surface area contributed by atoms with E-state index >= 15 is 0 Å². The summed E-state index contributed by atoms with van der Waals surface area (Å²) in [6.07, 6.45) is 10.3. The predicted molar refractivity (Wildman–Crippen MR) is 98.7 cm³/mol. The van der Waals surface area contributed by atoms with Crippen molar-refractivity contribution in [3.63, 3.8) is 0 Å². The number of aryl methyl sites for hydroxylation is 1. The zero-order chi connectivity index (χ0) is 18.4. The van der Waals surface area contributed by atoms with Gasteiger partial charge >= 0.3 is 0 Å². The number of carbonyl (C=O) groups is 2. The Morgan fingerprint density at radius 3 is 2.59 bits per heavy atom. The Labute approximate surface area is 157 Å². The number of pyridine rings is 1. The van der Waals surface area contributed by atoms with Gasteiger partial charge in [0.15, 0.2) is 5.78 Å². The summed E-state index contributed by atoms with van der Waals surface area (Å²) < 4.78 is 0. The SMILES string of the molecule is O=C(NCc1cnc(C2CC2)cn1)c1cc(C2CC2)c2c(n1)CCCC2=O. The molecular weight excluding hydrogens is 340 g/mol. The van der Waals surface area contributed by atoms with Gasteiger partial charge in [-0.25, -0.2) is 4.98 Å². The van der Waals surface area contributed by atoms with Crippen molar-refractivity contribution in [2.75, 3.05) is 0 Å². The van der Waals surface area contributed by atoms with Gasteiger partial charge in [-0.3, -0.25) is 19.6 Å². The minimum atomic E-state index is -0.217. The third-order valence-corrected chi connectivity index (χ3v) is 5.62. The van der Waals surface area contributed by atoms with Crippen LogP contribution in [0.3, 0.4) is 0 Å².